The van der Waals surface area contributed by atoms with Gasteiger partial charge in [-0.25, -0.2) is 0 Å². The van der Waals surface area contributed by atoms with Crippen LogP contribution in [-0.4, -0.2) is 30.5 Å². The van der Waals surface area contributed by atoms with Gasteiger partial charge in [0.15, 0.2) is 5.75 Å². The highest BCUT2D eigenvalue weighted by molar-refractivity contribution is 6.37. The van der Waals surface area contributed by atoms with Crippen LogP contribution in [0.25, 0.3) is 0 Å². The standard InChI is InChI=1S/C25H31Cl2NO2/c1-2-3-4-8-15-30-24-22(26)17-21(18-23(24)27)25(29)28-13-11-20(12-14-28)16-19-9-6-5-7-10-19/h5-7,9-10,17-18,20H,2-4,8,11-16H2,1H3. The first-order chi connectivity index (χ1) is 14.6. The smallest absolute Gasteiger partial charge is 0.253 e. The third-order valence-electron chi connectivity index (χ3n) is 5.76. The Morgan fingerprint density at radius 1 is 1.03 bits per heavy atom. The summed E-state index contributed by atoms with van der Waals surface area (Å²) in [6, 6.07) is 13.9. The second-order valence-electron chi connectivity index (χ2n) is 8.10. The van der Waals surface area contributed by atoms with Gasteiger partial charge in [0.2, 0.25) is 0 Å². The molecule has 3 rings (SSSR count). The molecule has 2 aromatic carbocycles. The molecule has 0 spiro atoms. The summed E-state index contributed by atoms with van der Waals surface area (Å²) < 4.78 is 5.78. The third-order valence-corrected chi connectivity index (χ3v) is 6.32. The number of carbonyl (C=O) groups excluding carboxylic acids is 1. The van der Waals surface area contributed by atoms with Crippen molar-refractivity contribution in [2.24, 2.45) is 5.92 Å². The molecule has 1 aliphatic rings. The maximum absolute atomic E-state index is 13.0. The molecule has 0 aromatic heterocycles. The average Bonchev–Trinajstić information content (AvgIpc) is 2.76. The Hall–Kier alpha value is -1.71. The molecule has 0 atom stereocenters. The molecule has 0 unspecified atom stereocenters. The fourth-order valence-electron chi connectivity index (χ4n) is 3.99. The van der Waals surface area contributed by atoms with Crippen molar-refractivity contribution in [1.82, 2.24) is 4.90 Å². The lowest BCUT2D eigenvalue weighted by Crippen LogP contribution is -2.38. The molecule has 1 fully saturated rings. The van der Waals surface area contributed by atoms with Crippen LogP contribution in [0.5, 0.6) is 5.75 Å². The first-order valence-electron chi connectivity index (χ1n) is 11.0. The lowest BCUT2D eigenvalue weighted by molar-refractivity contribution is 0.0690. The number of carbonyl (C=O) groups is 1. The number of ether oxygens (including phenoxy) is 1. The molecular weight excluding hydrogens is 417 g/mol. The van der Waals surface area contributed by atoms with Gasteiger partial charge in [0, 0.05) is 18.7 Å². The lowest BCUT2D eigenvalue weighted by Gasteiger charge is -2.32. The van der Waals surface area contributed by atoms with Crippen molar-refractivity contribution in [2.45, 2.75) is 51.9 Å². The van der Waals surface area contributed by atoms with Gasteiger partial charge in [0.1, 0.15) is 0 Å². The monoisotopic (exact) mass is 447 g/mol. The van der Waals surface area contributed by atoms with Crippen LogP contribution >= 0.6 is 23.2 Å². The van der Waals surface area contributed by atoms with Crippen molar-refractivity contribution in [3.8, 4) is 5.75 Å². The van der Waals surface area contributed by atoms with Crippen LogP contribution in [0.1, 0.15) is 61.4 Å². The van der Waals surface area contributed by atoms with Gasteiger partial charge in [-0.1, -0.05) is 79.7 Å². The average molecular weight is 448 g/mol. The van der Waals surface area contributed by atoms with E-state index in [2.05, 4.69) is 31.2 Å². The number of hydrogen-bond donors (Lipinski definition) is 0. The number of unbranched alkanes of at least 4 members (excludes halogenated alkanes) is 3. The molecule has 0 saturated carbocycles. The molecule has 0 aliphatic carbocycles. The van der Waals surface area contributed by atoms with Gasteiger partial charge >= 0.3 is 0 Å². The molecule has 0 N–H and O–H groups in total. The molecule has 30 heavy (non-hydrogen) atoms. The molecule has 5 heteroatoms. The molecular formula is C25H31Cl2NO2. The summed E-state index contributed by atoms with van der Waals surface area (Å²) in [5.41, 5.74) is 1.90. The zero-order valence-electron chi connectivity index (χ0n) is 17.7. The van der Waals surface area contributed by atoms with Crippen molar-refractivity contribution >= 4 is 29.1 Å². The van der Waals surface area contributed by atoms with Crippen molar-refractivity contribution in [3.05, 3.63) is 63.6 Å². The van der Waals surface area contributed by atoms with E-state index in [1.807, 2.05) is 11.0 Å². The van der Waals surface area contributed by atoms with Gasteiger partial charge in [-0.3, -0.25) is 4.79 Å². The maximum atomic E-state index is 13.0. The number of benzene rings is 2. The number of halogens is 2. The van der Waals surface area contributed by atoms with E-state index < -0.39 is 0 Å². The topological polar surface area (TPSA) is 29.5 Å². The summed E-state index contributed by atoms with van der Waals surface area (Å²) in [4.78, 5) is 14.9. The predicted molar refractivity (Wildman–Crippen MR) is 125 cm³/mol. The van der Waals surface area contributed by atoms with Gasteiger partial charge in [0.05, 0.1) is 16.7 Å². The minimum Gasteiger partial charge on any atom is -0.490 e. The van der Waals surface area contributed by atoms with Gasteiger partial charge < -0.3 is 9.64 Å². The largest absolute Gasteiger partial charge is 0.490 e. The molecule has 1 heterocycles. The van der Waals surface area contributed by atoms with Crippen molar-refractivity contribution in [2.75, 3.05) is 19.7 Å². The Bertz CT molecular complexity index is 794. The molecule has 2 aromatic rings. The molecule has 0 radical (unpaired) electrons. The SMILES string of the molecule is CCCCCCOc1c(Cl)cc(C(=O)N2CCC(Cc3ccccc3)CC2)cc1Cl. The van der Waals surface area contributed by atoms with Crippen molar-refractivity contribution in [1.29, 1.82) is 0 Å². The number of piperidine rings is 1. The Morgan fingerprint density at radius 3 is 2.33 bits per heavy atom. The molecule has 162 valence electrons. The van der Waals surface area contributed by atoms with E-state index in [0.29, 0.717) is 33.9 Å². The highest BCUT2D eigenvalue weighted by atomic mass is 35.5. The fraction of sp³-hybridized carbons (Fsp3) is 0.480. The fourth-order valence-corrected chi connectivity index (χ4v) is 4.59. The van der Waals surface area contributed by atoms with Crippen LogP contribution in [0.2, 0.25) is 10.0 Å². The maximum Gasteiger partial charge on any atom is 0.253 e. The second-order valence-corrected chi connectivity index (χ2v) is 8.92. The van der Waals surface area contributed by atoms with Crippen LogP contribution in [0.3, 0.4) is 0 Å². The van der Waals surface area contributed by atoms with E-state index in [1.165, 1.54) is 18.4 Å². The van der Waals surface area contributed by atoms with Crippen LogP contribution in [0.4, 0.5) is 0 Å². The number of hydrogen-bond acceptors (Lipinski definition) is 2. The van der Waals surface area contributed by atoms with Gasteiger partial charge in [-0.2, -0.15) is 0 Å². The minimum atomic E-state index is -0.00791. The Morgan fingerprint density at radius 2 is 1.70 bits per heavy atom. The number of amides is 1. The summed E-state index contributed by atoms with van der Waals surface area (Å²) in [5, 5.41) is 0.806. The third kappa shape index (κ3) is 6.39. The van der Waals surface area contributed by atoms with E-state index >= 15 is 0 Å². The zero-order chi connectivity index (χ0) is 21.3. The number of likely N-dealkylation sites (tertiary alicyclic amines) is 1. The van der Waals surface area contributed by atoms with E-state index in [1.54, 1.807) is 12.1 Å². The summed E-state index contributed by atoms with van der Waals surface area (Å²) in [6.45, 7) is 4.29. The first-order valence-corrected chi connectivity index (χ1v) is 11.8. The van der Waals surface area contributed by atoms with Crippen LogP contribution < -0.4 is 4.74 Å². The normalized spacial score (nSPS) is 14.7. The first kappa shape index (κ1) is 23.0. The zero-order valence-corrected chi connectivity index (χ0v) is 19.2. The van der Waals surface area contributed by atoms with E-state index in [9.17, 15) is 4.79 Å². The van der Waals surface area contributed by atoms with Crippen LogP contribution in [-0.2, 0) is 6.42 Å². The molecule has 1 aliphatic heterocycles. The van der Waals surface area contributed by atoms with Crippen molar-refractivity contribution in [3.63, 3.8) is 0 Å². The summed E-state index contributed by atoms with van der Waals surface area (Å²) in [7, 11) is 0. The Kier molecular flexibility index (Phi) is 8.89. The number of nitrogens with zero attached hydrogens (tertiary/aromatic N) is 1. The van der Waals surface area contributed by atoms with E-state index in [4.69, 9.17) is 27.9 Å². The predicted octanol–water partition coefficient (Wildman–Crippen LogP) is 7.05. The highest BCUT2D eigenvalue weighted by Crippen LogP contribution is 2.35. The molecule has 1 amide bonds. The Labute approximate surface area is 190 Å². The van der Waals surface area contributed by atoms with Crippen LogP contribution in [0.15, 0.2) is 42.5 Å². The van der Waals surface area contributed by atoms with Crippen molar-refractivity contribution < 1.29 is 9.53 Å². The second kappa shape index (κ2) is 11.6. The van der Waals surface area contributed by atoms with Crippen LogP contribution in [0, 0.1) is 5.92 Å². The molecule has 1 saturated heterocycles. The highest BCUT2D eigenvalue weighted by Gasteiger charge is 2.25. The van der Waals surface area contributed by atoms with E-state index in [0.717, 1.165) is 45.2 Å². The summed E-state index contributed by atoms with van der Waals surface area (Å²) in [6.07, 6.45) is 7.58. The van der Waals surface area contributed by atoms with Gasteiger partial charge in [-0.15, -0.1) is 0 Å². The quantitative estimate of drug-likeness (QED) is 0.385. The molecule has 0 bridgehead atoms. The minimum absolute atomic E-state index is 0.00791. The van der Waals surface area contributed by atoms with E-state index in [-0.39, 0.29) is 5.91 Å². The molecule has 3 nitrogen and oxygen atoms in total. The van der Waals surface area contributed by atoms with Gasteiger partial charge in [0.25, 0.3) is 5.91 Å². The van der Waals surface area contributed by atoms with Gasteiger partial charge in [-0.05, 0) is 49.3 Å². The number of rotatable bonds is 9. The Balaban J connectivity index is 1.54. The summed E-state index contributed by atoms with van der Waals surface area (Å²) in [5.74, 6) is 1.09. The summed E-state index contributed by atoms with van der Waals surface area (Å²) >= 11 is 12.8. The lowest BCUT2D eigenvalue weighted by atomic mass is 9.90.